The first-order chi connectivity index (χ1) is 7.13. The molecule has 0 atom stereocenters. The van der Waals surface area contributed by atoms with E-state index in [-0.39, 0.29) is 0 Å². The first-order valence-corrected chi connectivity index (χ1v) is 7.59. The predicted molar refractivity (Wildman–Crippen MR) is 72.4 cm³/mol. The van der Waals surface area contributed by atoms with E-state index in [1.54, 1.807) is 0 Å². The summed E-state index contributed by atoms with van der Waals surface area (Å²) in [7, 11) is 0. The molecule has 1 aromatic rings. The van der Waals surface area contributed by atoms with Crippen LogP contribution in [-0.4, -0.2) is 20.4 Å². The molecule has 1 aromatic heterocycles. The summed E-state index contributed by atoms with van der Waals surface area (Å²) in [6.45, 7) is 4.92. The average Bonchev–Trinajstić information content (AvgIpc) is 2.52. The summed E-state index contributed by atoms with van der Waals surface area (Å²) in [5.74, 6) is 0.559. The lowest BCUT2D eigenvalue weighted by Crippen LogP contribution is -2.12. The van der Waals surface area contributed by atoms with Crippen molar-refractivity contribution in [2.24, 2.45) is 5.92 Å². The zero-order chi connectivity index (χ0) is 11.4. The second-order valence-corrected chi connectivity index (χ2v) is 5.21. The van der Waals surface area contributed by atoms with E-state index in [9.17, 15) is 0 Å². The summed E-state index contributed by atoms with van der Waals surface area (Å²) in [4.78, 5) is 0. The maximum atomic E-state index is 6.24. The Morgan fingerprint density at radius 1 is 1.40 bits per heavy atom. The molecule has 0 N–H and O–H groups in total. The summed E-state index contributed by atoms with van der Waals surface area (Å²) in [6.07, 6.45) is 0.962. The molecular formula is C10H15Br2ClN2. The third-order valence-electron chi connectivity index (χ3n) is 2.37. The molecule has 0 spiro atoms. The van der Waals surface area contributed by atoms with Crippen molar-refractivity contribution in [3.05, 3.63) is 16.4 Å². The van der Waals surface area contributed by atoms with Gasteiger partial charge >= 0.3 is 0 Å². The topological polar surface area (TPSA) is 17.8 Å². The van der Waals surface area contributed by atoms with Crippen LogP contribution < -0.4 is 0 Å². The van der Waals surface area contributed by atoms with E-state index in [1.165, 1.54) is 0 Å². The Hall–Kier alpha value is 0.460. The summed E-state index contributed by atoms with van der Waals surface area (Å²) in [5, 5.41) is 7.18. The van der Waals surface area contributed by atoms with Crippen LogP contribution in [0.3, 0.4) is 0 Å². The Labute approximate surface area is 113 Å². The number of aryl methyl sites for hydroxylation is 2. The second kappa shape index (κ2) is 6.26. The molecule has 0 radical (unpaired) electrons. The Morgan fingerprint density at radius 3 is 2.47 bits per heavy atom. The summed E-state index contributed by atoms with van der Waals surface area (Å²) >= 11 is 13.3. The smallest absolute Gasteiger partial charge is 0.0847 e. The highest BCUT2D eigenvalue weighted by Crippen LogP contribution is 2.24. The zero-order valence-corrected chi connectivity index (χ0v) is 12.9. The molecule has 5 heteroatoms. The lowest BCUT2D eigenvalue weighted by atomic mass is 10.1. The van der Waals surface area contributed by atoms with E-state index in [1.807, 2.05) is 11.6 Å². The fraction of sp³-hybridized carbons (Fsp3) is 0.700. The molecule has 0 saturated carbocycles. The first kappa shape index (κ1) is 13.5. The van der Waals surface area contributed by atoms with Crippen molar-refractivity contribution in [1.29, 1.82) is 0 Å². The second-order valence-electron chi connectivity index (χ2n) is 3.54. The highest BCUT2D eigenvalue weighted by atomic mass is 79.9. The Bertz CT molecular complexity index is 321. The number of hydrogen-bond acceptors (Lipinski definition) is 1. The van der Waals surface area contributed by atoms with Gasteiger partial charge in [-0.3, -0.25) is 4.68 Å². The van der Waals surface area contributed by atoms with Crippen molar-refractivity contribution in [1.82, 2.24) is 9.78 Å². The molecule has 0 bridgehead atoms. The highest BCUT2D eigenvalue weighted by molar-refractivity contribution is 9.09. The third kappa shape index (κ3) is 3.21. The Balaban J connectivity index is 2.91. The van der Waals surface area contributed by atoms with Crippen LogP contribution in [0.1, 0.15) is 18.3 Å². The quantitative estimate of drug-likeness (QED) is 0.732. The van der Waals surface area contributed by atoms with Crippen molar-refractivity contribution >= 4 is 43.5 Å². The molecule has 1 rings (SSSR count). The van der Waals surface area contributed by atoms with E-state index in [0.717, 1.165) is 40.0 Å². The summed E-state index contributed by atoms with van der Waals surface area (Å²) in [6, 6.07) is 0. The lowest BCUT2D eigenvalue weighted by molar-refractivity contribution is 0.573. The number of aromatic nitrogens is 2. The SMILES string of the molecule is CCn1nc(C)c(Cl)c1CC(CBr)CBr. The van der Waals surface area contributed by atoms with Gasteiger partial charge in [0.15, 0.2) is 0 Å². The van der Waals surface area contributed by atoms with Crippen molar-refractivity contribution in [3.8, 4) is 0 Å². The van der Waals surface area contributed by atoms with Crippen LogP contribution in [0.25, 0.3) is 0 Å². The third-order valence-corrected chi connectivity index (χ3v) is 4.69. The van der Waals surface area contributed by atoms with E-state index < -0.39 is 0 Å². The van der Waals surface area contributed by atoms with Gasteiger partial charge in [-0.1, -0.05) is 43.5 Å². The zero-order valence-electron chi connectivity index (χ0n) is 8.93. The summed E-state index contributed by atoms with van der Waals surface area (Å²) in [5.41, 5.74) is 2.08. The minimum absolute atomic E-state index is 0.559. The molecule has 0 aromatic carbocycles. The van der Waals surface area contributed by atoms with Crippen LogP contribution >= 0.6 is 43.5 Å². The van der Waals surface area contributed by atoms with E-state index in [4.69, 9.17) is 11.6 Å². The van der Waals surface area contributed by atoms with Gasteiger partial charge in [0.1, 0.15) is 0 Å². The van der Waals surface area contributed by atoms with Gasteiger partial charge < -0.3 is 0 Å². The van der Waals surface area contributed by atoms with Crippen LogP contribution in [0.5, 0.6) is 0 Å². The molecule has 2 nitrogen and oxygen atoms in total. The van der Waals surface area contributed by atoms with Gasteiger partial charge in [0.2, 0.25) is 0 Å². The molecule has 0 unspecified atom stereocenters. The molecule has 0 aliphatic carbocycles. The monoisotopic (exact) mass is 356 g/mol. The Kier molecular flexibility index (Phi) is 5.64. The van der Waals surface area contributed by atoms with Crippen LogP contribution in [-0.2, 0) is 13.0 Å². The largest absolute Gasteiger partial charge is 0.268 e. The maximum Gasteiger partial charge on any atom is 0.0847 e. The predicted octanol–water partition coefficient (Wildman–Crippen LogP) is 3.81. The van der Waals surface area contributed by atoms with E-state index >= 15 is 0 Å². The Morgan fingerprint density at radius 2 is 2.00 bits per heavy atom. The van der Waals surface area contributed by atoms with Crippen molar-refractivity contribution < 1.29 is 0 Å². The van der Waals surface area contributed by atoms with E-state index in [0.29, 0.717) is 5.92 Å². The molecule has 0 amide bonds. The van der Waals surface area contributed by atoms with Crippen LogP contribution in [0.15, 0.2) is 0 Å². The number of halogens is 3. The molecule has 0 fully saturated rings. The number of hydrogen-bond donors (Lipinski definition) is 0. The summed E-state index contributed by atoms with van der Waals surface area (Å²) < 4.78 is 2.00. The molecule has 0 saturated heterocycles. The minimum Gasteiger partial charge on any atom is -0.268 e. The van der Waals surface area contributed by atoms with Gasteiger partial charge in [0.05, 0.1) is 16.4 Å². The van der Waals surface area contributed by atoms with Gasteiger partial charge in [0.25, 0.3) is 0 Å². The lowest BCUT2D eigenvalue weighted by Gasteiger charge is -2.11. The van der Waals surface area contributed by atoms with Gasteiger partial charge in [-0.15, -0.1) is 0 Å². The van der Waals surface area contributed by atoms with Gasteiger partial charge in [-0.25, -0.2) is 0 Å². The number of nitrogens with zero attached hydrogens (tertiary/aromatic N) is 2. The molecule has 86 valence electrons. The molecule has 0 aliphatic rings. The van der Waals surface area contributed by atoms with Crippen LogP contribution in [0, 0.1) is 12.8 Å². The molecule has 1 heterocycles. The fourth-order valence-electron chi connectivity index (χ4n) is 1.49. The highest BCUT2D eigenvalue weighted by Gasteiger charge is 2.16. The normalized spacial score (nSPS) is 11.3. The van der Waals surface area contributed by atoms with Crippen molar-refractivity contribution in [2.45, 2.75) is 26.8 Å². The number of alkyl halides is 2. The van der Waals surface area contributed by atoms with Crippen LogP contribution in [0.4, 0.5) is 0 Å². The van der Waals surface area contributed by atoms with E-state index in [2.05, 4.69) is 43.9 Å². The first-order valence-electron chi connectivity index (χ1n) is 4.97. The van der Waals surface area contributed by atoms with Crippen LogP contribution in [0.2, 0.25) is 5.02 Å². The van der Waals surface area contributed by atoms with Gasteiger partial charge in [0, 0.05) is 17.2 Å². The number of rotatable bonds is 5. The molecule has 0 aliphatic heterocycles. The van der Waals surface area contributed by atoms with Gasteiger partial charge in [-0.2, -0.15) is 5.10 Å². The average molecular weight is 359 g/mol. The minimum atomic E-state index is 0.559. The standard InChI is InChI=1S/C10H15Br2ClN2/c1-3-15-9(4-8(5-11)6-12)10(13)7(2)14-15/h8H,3-6H2,1-2H3. The van der Waals surface area contributed by atoms with Crippen molar-refractivity contribution in [3.63, 3.8) is 0 Å². The van der Waals surface area contributed by atoms with Gasteiger partial charge in [-0.05, 0) is 26.2 Å². The van der Waals surface area contributed by atoms with Crippen molar-refractivity contribution in [2.75, 3.05) is 10.7 Å². The fourth-order valence-corrected chi connectivity index (χ4v) is 3.23. The molecular weight excluding hydrogens is 343 g/mol. The maximum absolute atomic E-state index is 6.24. The molecule has 15 heavy (non-hydrogen) atoms.